The number of anilines is 2. The second-order valence-corrected chi connectivity index (χ2v) is 9.27. The Labute approximate surface area is 213 Å². The first-order valence-electron chi connectivity index (χ1n) is 12.7. The molecule has 0 amide bonds. The van der Waals surface area contributed by atoms with Crippen molar-refractivity contribution in [3.05, 3.63) is 77.9 Å². The van der Waals surface area contributed by atoms with Crippen molar-refractivity contribution in [2.45, 2.75) is 31.6 Å². The maximum absolute atomic E-state index is 6.24. The molecule has 7 nitrogen and oxygen atoms in total. The van der Waals surface area contributed by atoms with Crippen LogP contribution in [-0.2, 0) is 22.5 Å². The van der Waals surface area contributed by atoms with E-state index in [0.717, 1.165) is 68.5 Å². The number of ether oxygens (including phenoxy) is 4. The average Bonchev–Trinajstić information content (AvgIpc) is 3.35. The van der Waals surface area contributed by atoms with E-state index in [4.69, 9.17) is 23.9 Å². The quantitative estimate of drug-likeness (QED) is 0.443. The molecule has 0 N–H and O–H groups in total. The highest BCUT2D eigenvalue weighted by molar-refractivity contribution is 5.59. The zero-order chi connectivity index (χ0) is 24.7. The van der Waals surface area contributed by atoms with Gasteiger partial charge >= 0.3 is 0 Å². The minimum atomic E-state index is 0.155. The minimum absolute atomic E-state index is 0.155. The summed E-state index contributed by atoms with van der Waals surface area (Å²) in [5.41, 5.74) is 3.49. The molecule has 0 spiro atoms. The van der Waals surface area contributed by atoms with E-state index in [1.165, 1.54) is 5.56 Å². The van der Waals surface area contributed by atoms with Crippen LogP contribution in [0.25, 0.3) is 0 Å². The Balaban J connectivity index is 1.42. The first kappa shape index (κ1) is 24.4. The Kier molecular flexibility index (Phi) is 7.88. The maximum atomic E-state index is 6.24. The normalized spacial score (nSPS) is 19.9. The van der Waals surface area contributed by atoms with Crippen LogP contribution in [0.3, 0.4) is 0 Å². The Morgan fingerprint density at radius 3 is 2.42 bits per heavy atom. The molecule has 0 aliphatic carbocycles. The number of aromatic nitrogens is 1. The number of morpholine rings is 1. The molecule has 36 heavy (non-hydrogen) atoms. The van der Waals surface area contributed by atoms with Gasteiger partial charge in [0.1, 0.15) is 18.2 Å². The fourth-order valence-corrected chi connectivity index (χ4v) is 5.06. The van der Waals surface area contributed by atoms with Gasteiger partial charge in [-0.3, -0.25) is 0 Å². The van der Waals surface area contributed by atoms with Gasteiger partial charge in [0.2, 0.25) is 5.88 Å². The fraction of sp³-hybridized carbons (Fsp3) is 0.414. The van der Waals surface area contributed by atoms with Crippen molar-refractivity contribution < 1.29 is 18.9 Å². The summed E-state index contributed by atoms with van der Waals surface area (Å²) in [4.78, 5) is 9.73. The standard InChI is InChI=1S/C29H35N3O4/c1-33-25-10-8-23(9-11-25)21-36-29-20-24(31-14-16-35-17-15-31)19-28(30-29)32-13-12-27(34-2)26(32)18-22-6-4-3-5-7-22/h3-11,19-20,26-27H,12-18,21H2,1-2H3/t26-,27-/m0/s1. The van der Waals surface area contributed by atoms with Gasteiger partial charge in [0.25, 0.3) is 0 Å². The zero-order valence-corrected chi connectivity index (χ0v) is 21.1. The number of benzene rings is 2. The first-order valence-corrected chi connectivity index (χ1v) is 12.7. The third kappa shape index (κ3) is 5.74. The lowest BCUT2D eigenvalue weighted by atomic mass is 10.0. The van der Waals surface area contributed by atoms with Gasteiger partial charge in [-0.15, -0.1) is 0 Å². The summed E-state index contributed by atoms with van der Waals surface area (Å²) in [6.45, 7) is 4.51. The lowest BCUT2D eigenvalue weighted by Gasteiger charge is -2.32. The van der Waals surface area contributed by atoms with Crippen molar-refractivity contribution in [3.63, 3.8) is 0 Å². The largest absolute Gasteiger partial charge is 0.497 e. The van der Waals surface area contributed by atoms with Crippen molar-refractivity contribution in [1.82, 2.24) is 4.98 Å². The highest BCUT2D eigenvalue weighted by Crippen LogP contribution is 2.33. The van der Waals surface area contributed by atoms with Crippen LogP contribution in [-0.4, -0.2) is 64.2 Å². The van der Waals surface area contributed by atoms with Crippen LogP contribution in [0.15, 0.2) is 66.7 Å². The summed E-state index contributed by atoms with van der Waals surface area (Å²) in [5.74, 6) is 2.40. The molecule has 1 aromatic heterocycles. The van der Waals surface area contributed by atoms with E-state index in [2.05, 4.69) is 52.3 Å². The molecule has 2 atom stereocenters. The highest BCUT2D eigenvalue weighted by Gasteiger charge is 2.35. The van der Waals surface area contributed by atoms with Gasteiger partial charge in [0.05, 0.1) is 32.5 Å². The Hall–Kier alpha value is -3.29. The third-order valence-corrected chi connectivity index (χ3v) is 7.06. The minimum Gasteiger partial charge on any atom is -0.497 e. The maximum Gasteiger partial charge on any atom is 0.217 e. The van der Waals surface area contributed by atoms with Crippen LogP contribution in [0.5, 0.6) is 11.6 Å². The smallest absolute Gasteiger partial charge is 0.217 e. The molecule has 190 valence electrons. The molecule has 0 radical (unpaired) electrons. The van der Waals surface area contributed by atoms with Gasteiger partial charge in [0.15, 0.2) is 0 Å². The van der Waals surface area contributed by atoms with Crippen molar-refractivity contribution in [1.29, 1.82) is 0 Å². The van der Waals surface area contributed by atoms with Crippen molar-refractivity contribution >= 4 is 11.5 Å². The van der Waals surface area contributed by atoms with E-state index < -0.39 is 0 Å². The second-order valence-electron chi connectivity index (χ2n) is 9.27. The summed E-state index contributed by atoms with van der Waals surface area (Å²) in [5, 5.41) is 0. The molecular weight excluding hydrogens is 454 g/mol. The van der Waals surface area contributed by atoms with Gasteiger partial charge < -0.3 is 28.7 Å². The molecule has 2 fully saturated rings. The Morgan fingerprint density at radius 1 is 0.917 bits per heavy atom. The molecule has 0 saturated carbocycles. The van der Waals surface area contributed by atoms with Crippen LogP contribution in [0.1, 0.15) is 17.5 Å². The van der Waals surface area contributed by atoms with E-state index in [1.54, 1.807) is 7.11 Å². The number of hydrogen-bond donors (Lipinski definition) is 0. The molecule has 2 aliphatic rings. The predicted molar refractivity (Wildman–Crippen MR) is 141 cm³/mol. The third-order valence-electron chi connectivity index (χ3n) is 7.06. The molecule has 2 aliphatic heterocycles. The van der Waals surface area contributed by atoms with E-state index in [0.29, 0.717) is 12.5 Å². The lowest BCUT2D eigenvalue weighted by Crippen LogP contribution is -2.39. The Bertz CT molecular complexity index is 1100. The molecule has 3 aromatic rings. The van der Waals surface area contributed by atoms with Crippen molar-refractivity contribution in [3.8, 4) is 11.6 Å². The van der Waals surface area contributed by atoms with Gasteiger partial charge in [0, 0.05) is 44.6 Å². The molecule has 3 heterocycles. The van der Waals surface area contributed by atoms with Crippen LogP contribution in [0.2, 0.25) is 0 Å². The summed E-state index contributed by atoms with van der Waals surface area (Å²) < 4.78 is 23.0. The first-order chi connectivity index (χ1) is 17.7. The van der Waals surface area contributed by atoms with Gasteiger partial charge in [-0.1, -0.05) is 42.5 Å². The molecule has 7 heteroatoms. The Morgan fingerprint density at radius 2 is 1.69 bits per heavy atom. The highest BCUT2D eigenvalue weighted by atomic mass is 16.5. The topological polar surface area (TPSA) is 56.3 Å². The molecule has 2 saturated heterocycles. The number of methoxy groups -OCH3 is 2. The summed E-state index contributed by atoms with van der Waals surface area (Å²) >= 11 is 0. The summed E-state index contributed by atoms with van der Waals surface area (Å²) in [6, 6.07) is 23.0. The molecule has 2 aromatic carbocycles. The van der Waals surface area contributed by atoms with Crippen LogP contribution < -0.4 is 19.3 Å². The van der Waals surface area contributed by atoms with Crippen LogP contribution >= 0.6 is 0 Å². The molecule has 0 unspecified atom stereocenters. The van der Waals surface area contributed by atoms with Crippen LogP contribution in [0, 0.1) is 0 Å². The second kappa shape index (κ2) is 11.6. The lowest BCUT2D eigenvalue weighted by molar-refractivity contribution is 0.0953. The fourth-order valence-electron chi connectivity index (χ4n) is 5.06. The molecule has 0 bridgehead atoms. The van der Waals surface area contributed by atoms with Crippen molar-refractivity contribution in [2.24, 2.45) is 0 Å². The number of rotatable bonds is 9. The SMILES string of the molecule is COc1ccc(COc2cc(N3CCOCC3)cc(N3CC[C@H](OC)[C@@H]3Cc3ccccc3)n2)cc1. The average molecular weight is 490 g/mol. The van der Waals surface area contributed by atoms with Gasteiger partial charge in [-0.05, 0) is 36.1 Å². The predicted octanol–water partition coefficient (Wildman–Crippen LogP) is 4.34. The monoisotopic (exact) mass is 489 g/mol. The van der Waals surface area contributed by atoms with Crippen LogP contribution in [0.4, 0.5) is 11.5 Å². The van der Waals surface area contributed by atoms with E-state index in [-0.39, 0.29) is 12.1 Å². The number of nitrogens with zero attached hydrogens (tertiary/aromatic N) is 3. The van der Waals surface area contributed by atoms with E-state index >= 15 is 0 Å². The number of pyridine rings is 1. The van der Waals surface area contributed by atoms with Crippen molar-refractivity contribution in [2.75, 3.05) is 56.9 Å². The van der Waals surface area contributed by atoms with E-state index in [1.807, 2.05) is 31.4 Å². The number of hydrogen-bond acceptors (Lipinski definition) is 7. The molecular formula is C29H35N3O4. The van der Waals surface area contributed by atoms with E-state index in [9.17, 15) is 0 Å². The zero-order valence-electron chi connectivity index (χ0n) is 21.1. The summed E-state index contributed by atoms with van der Waals surface area (Å²) in [7, 11) is 3.48. The molecule has 5 rings (SSSR count). The summed E-state index contributed by atoms with van der Waals surface area (Å²) in [6.07, 6.45) is 2.03. The van der Waals surface area contributed by atoms with Gasteiger partial charge in [-0.25, -0.2) is 0 Å². The van der Waals surface area contributed by atoms with Gasteiger partial charge in [-0.2, -0.15) is 4.98 Å².